The third-order valence-corrected chi connectivity index (χ3v) is 5.24. The average molecular weight is 424 g/mol. The van der Waals surface area contributed by atoms with E-state index in [4.69, 9.17) is 9.47 Å². The van der Waals surface area contributed by atoms with Crippen LogP contribution in [0.5, 0.6) is 5.75 Å². The lowest BCUT2D eigenvalue weighted by molar-refractivity contribution is -0.138. The molecular formula is C24H25FN2O4. The van der Waals surface area contributed by atoms with Crippen molar-refractivity contribution in [2.24, 2.45) is 0 Å². The van der Waals surface area contributed by atoms with Crippen LogP contribution in [0.2, 0.25) is 0 Å². The minimum atomic E-state index is -0.362. The van der Waals surface area contributed by atoms with Gasteiger partial charge in [-0.05, 0) is 49.2 Å². The van der Waals surface area contributed by atoms with Gasteiger partial charge in [-0.25, -0.2) is 4.39 Å². The van der Waals surface area contributed by atoms with Crippen molar-refractivity contribution in [2.45, 2.75) is 26.5 Å². The van der Waals surface area contributed by atoms with Crippen molar-refractivity contribution in [1.82, 2.24) is 9.80 Å². The molecule has 2 aromatic rings. The molecule has 0 bridgehead atoms. The molecule has 2 amide bonds. The molecule has 0 aromatic heterocycles. The largest absolute Gasteiger partial charge is 0.491 e. The molecule has 0 N–H and O–H groups in total. The second-order valence-corrected chi connectivity index (χ2v) is 7.84. The SMILES string of the molecule is CC(C)Oc1ccc(C2=C(N3CCOCC3)C(=O)N(Cc3ccc(F)cc3)C2=O)cc1. The highest BCUT2D eigenvalue weighted by Gasteiger charge is 2.41. The van der Waals surface area contributed by atoms with Crippen molar-refractivity contribution < 1.29 is 23.5 Å². The first-order valence-corrected chi connectivity index (χ1v) is 10.4. The lowest BCUT2D eigenvalue weighted by atomic mass is 10.0. The summed E-state index contributed by atoms with van der Waals surface area (Å²) in [5.74, 6) is -0.353. The smallest absolute Gasteiger partial charge is 0.278 e. The Morgan fingerprint density at radius 3 is 2.23 bits per heavy atom. The van der Waals surface area contributed by atoms with E-state index in [1.807, 2.05) is 18.7 Å². The molecule has 1 fully saturated rings. The van der Waals surface area contributed by atoms with Crippen LogP contribution >= 0.6 is 0 Å². The number of hydrogen-bond acceptors (Lipinski definition) is 5. The van der Waals surface area contributed by atoms with E-state index < -0.39 is 0 Å². The quantitative estimate of drug-likeness (QED) is 0.667. The molecule has 0 atom stereocenters. The third kappa shape index (κ3) is 4.46. The van der Waals surface area contributed by atoms with Gasteiger partial charge in [0.25, 0.3) is 11.8 Å². The Morgan fingerprint density at radius 2 is 1.61 bits per heavy atom. The van der Waals surface area contributed by atoms with E-state index in [1.165, 1.54) is 17.0 Å². The molecule has 0 unspecified atom stereocenters. The lowest BCUT2D eigenvalue weighted by Gasteiger charge is -2.29. The summed E-state index contributed by atoms with van der Waals surface area (Å²) in [5.41, 5.74) is 2.13. The first-order chi connectivity index (χ1) is 14.9. The topological polar surface area (TPSA) is 59.1 Å². The van der Waals surface area contributed by atoms with E-state index >= 15 is 0 Å². The maximum Gasteiger partial charge on any atom is 0.278 e. The summed E-state index contributed by atoms with van der Waals surface area (Å²) < 4.78 is 24.4. The second-order valence-electron chi connectivity index (χ2n) is 7.84. The fourth-order valence-electron chi connectivity index (χ4n) is 3.79. The van der Waals surface area contributed by atoms with Crippen molar-refractivity contribution in [3.8, 4) is 5.75 Å². The van der Waals surface area contributed by atoms with Crippen molar-refractivity contribution in [3.63, 3.8) is 0 Å². The number of nitrogens with zero attached hydrogens (tertiary/aromatic N) is 2. The standard InChI is InChI=1S/C24H25FN2O4/c1-16(2)31-20-9-5-18(6-10-20)21-22(26-11-13-30-14-12-26)24(29)27(23(21)28)15-17-3-7-19(25)8-4-17/h3-10,16H,11-15H2,1-2H3. The number of ether oxygens (including phenoxy) is 2. The van der Waals surface area contributed by atoms with Crippen LogP contribution < -0.4 is 4.74 Å². The van der Waals surface area contributed by atoms with Crippen LogP contribution in [-0.2, 0) is 20.9 Å². The van der Waals surface area contributed by atoms with Crippen LogP contribution in [0.25, 0.3) is 5.57 Å². The van der Waals surface area contributed by atoms with Gasteiger partial charge in [-0.1, -0.05) is 24.3 Å². The summed E-state index contributed by atoms with van der Waals surface area (Å²) in [6.45, 7) is 6.05. The second kappa shape index (κ2) is 8.89. The Labute approximate surface area is 180 Å². The normalized spacial score (nSPS) is 17.2. The van der Waals surface area contributed by atoms with Crippen LogP contribution in [0, 0.1) is 5.82 Å². The minimum Gasteiger partial charge on any atom is -0.491 e. The van der Waals surface area contributed by atoms with Crippen LogP contribution in [0.15, 0.2) is 54.2 Å². The lowest BCUT2D eigenvalue weighted by Crippen LogP contribution is -2.40. The summed E-state index contributed by atoms with van der Waals surface area (Å²) in [7, 11) is 0. The summed E-state index contributed by atoms with van der Waals surface area (Å²) in [4.78, 5) is 29.9. The first kappa shape index (κ1) is 21.1. The average Bonchev–Trinajstić information content (AvgIpc) is 3.01. The molecule has 6 nitrogen and oxygen atoms in total. The summed E-state index contributed by atoms with van der Waals surface area (Å²) >= 11 is 0. The van der Waals surface area contributed by atoms with Crippen molar-refractivity contribution >= 4 is 17.4 Å². The molecule has 7 heteroatoms. The van der Waals surface area contributed by atoms with Gasteiger partial charge in [0.05, 0.1) is 31.4 Å². The fraction of sp³-hybridized carbons (Fsp3) is 0.333. The summed E-state index contributed by atoms with van der Waals surface area (Å²) in [6.07, 6.45) is 0.0369. The van der Waals surface area contributed by atoms with Gasteiger partial charge < -0.3 is 14.4 Å². The van der Waals surface area contributed by atoms with Gasteiger partial charge in [0.15, 0.2) is 0 Å². The van der Waals surface area contributed by atoms with E-state index in [0.29, 0.717) is 54.4 Å². The summed E-state index contributed by atoms with van der Waals surface area (Å²) in [5, 5.41) is 0. The van der Waals surface area contributed by atoms with Crippen LogP contribution in [-0.4, -0.2) is 54.0 Å². The number of amides is 2. The number of carbonyl (C=O) groups is 2. The molecule has 2 heterocycles. The van der Waals surface area contributed by atoms with Crippen LogP contribution in [0.3, 0.4) is 0 Å². The van der Waals surface area contributed by atoms with Crippen molar-refractivity contribution in [3.05, 3.63) is 71.2 Å². The maximum atomic E-state index is 13.4. The Balaban J connectivity index is 1.68. The zero-order valence-electron chi connectivity index (χ0n) is 17.6. The van der Waals surface area contributed by atoms with Gasteiger partial charge >= 0.3 is 0 Å². The van der Waals surface area contributed by atoms with Gasteiger partial charge in [-0.2, -0.15) is 0 Å². The van der Waals surface area contributed by atoms with Crippen molar-refractivity contribution in [1.29, 1.82) is 0 Å². The molecule has 2 aliphatic rings. The molecule has 162 valence electrons. The number of hydrogen-bond donors (Lipinski definition) is 0. The molecule has 1 saturated heterocycles. The number of morpholine rings is 1. The predicted octanol–water partition coefficient (Wildman–Crippen LogP) is 3.23. The molecule has 2 aromatic carbocycles. The Kier molecular flexibility index (Phi) is 6.04. The zero-order valence-corrected chi connectivity index (χ0v) is 17.6. The minimum absolute atomic E-state index is 0.0369. The van der Waals surface area contributed by atoms with Crippen LogP contribution in [0.4, 0.5) is 4.39 Å². The van der Waals surface area contributed by atoms with Crippen molar-refractivity contribution in [2.75, 3.05) is 26.3 Å². The molecule has 31 heavy (non-hydrogen) atoms. The first-order valence-electron chi connectivity index (χ1n) is 10.4. The highest BCUT2D eigenvalue weighted by molar-refractivity contribution is 6.35. The van der Waals surface area contributed by atoms with Gasteiger partial charge in [-0.15, -0.1) is 0 Å². The van der Waals surface area contributed by atoms with E-state index in [2.05, 4.69) is 0 Å². The molecule has 4 rings (SSSR count). The zero-order chi connectivity index (χ0) is 22.0. The number of benzene rings is 2. The predicted molar refractivity (Wildman–Crippen MR) is 113 cm³/mol. The Hall–Kier alpha value is -3.19. The van der Waals surface area contributed by atoms with E-state index in [1.54, 1.807) is 36.4 Å². The number of rotatable bonds is 6. The van der Waals surface area contributed by atoms with E-state index in [-0.39, 0.29) is 30.3 Å². The molecular weight excluding hydrogens is 399 g/mol. The number of imide groups is 1. The van der Waals surface area contributed by atoms with Crippen LogP contribution in [0.1, 0.15) is 25.0 Å². The molecule has 0 aliphatic carbocycles. The Bertz CT molecular complexity index is 993. The molecule has 0 spiro atoms. The van der Waals surface area contributed by atoms with Gasteiger partial charge in [0.1, 0.15) is 17.3 Å². The highest BCUT2D eigenvalue weighted by Crippen LogP contribution is 2.33. The highest BCUT2D eigenvalue weighted by atomic mass is 19.1. The maximum absolute atomic E-state index is 13.4. The van der Waals surface area contributed by atoms with E-state index in [0.717, 1.165) is 0 Å². The van der Waals surface area contributed by atoms with E-state index in [9.17, 15) is 14.0 Å². The summed E-state index contributed by atoms with van der Waals surface area (Å²) in [6, 6.07) is 13.0. The van der Waals surface area contributed by atoms with Gasteiger partial charge in [-0.3, -0.25) is 14.5 Å². The monoisotopic (exact) mass is 424 g/mol. The van der Waals surface area contributed by atoms with Gasteiger partial charge in [0, 0.05) is 13.1 Å². The fourth-order valence-corrected chi connectivity index (χ4v) is 3.79. The molecule has 0 saturated carbocycles. The molecule has 0 radical (unpaired) electrons. The molecule has 2 aliphatic heterocycles. The third-order valence-electron chi connectivity index (χ3n) is 5.24. The number of carbonyl (C=O) groups excluding carboxylic acids is 2. The Morgan fingerprint density at radius 1 is 0.968 bits per heavy atom. The number of halogens is 1. The van der Waals surface area contributed by atoms with Gasteiger partial charge in [0.2, 0.25) is 0 Å².